The molecule has 2 amide bonds. The molecule has 1 aliphatic rings. The van der Waals surface area contributed by atoms with Crippen molar-refractivity contribution in [2.24, 2.45) is 0 Å². The highest BCUT2D eigenvalue weighted by Crippen LogP contribution is 2.17. The first kappa shape index (κ1) is 15.6. The second kappa shape index (κ2) is 7.81. The molecule has 1 aromatic heterocycles. The summed E-state index contributed by atoms with van der Waals surface area (Å²) in [6.07, 6.45) is 11.5. The zero-order chi connectivity index (χ0) is 15.9. The number of hydrogen-bond acceptors (Lipinski definition) is 2. The number of nitrogens with one attached hydrogen (secondary N) is 2. The Balaban J connectivity index is 1.48. The number of urea groups is 1. The molecule has 5 nitrogen and oxygen atoms in total. The maximum absolute atomic E-state index is 12.0. The van der Waals surface area contributed by atoms with E-state index in [9.17, 15) is 4.79 Å². The Kier molecular flexibility index (Phi) is 5.29. The first-order valence-corrected chi connectivity index (χ1v) is 8.37. The van der Waals surface area contributed by atoms with Crippen LogP contribution in [0.15, 0.2) is 43.0 Å². The lowest BCUT2D eigenvalue weighted by Crippen LogP contribution is -2.42. The lowest BCUT2D eigenvalue weighted by molar-refractivity contribution is 0.232. The Morgan fingerprint density at radius 1 is 1.22 bits per heavy atom. The van der Waals surface area contributed by atoms with Crippen molar-refractivity contribution in [2.45, 2.75) is 51.2 Å². The van der Waals surface area contributed by atoms with Crippen LogP contribution in [0.1, 0.15) is 43.2 Å². The van der Waals surface area contributed by atoms with Gasteiger partial charge in [-0.1, -0.05) is 43.5 Å². The highest BCUT2D eigenvalue weighted by Gasteiger charge is 2.15. The minimum Gasteiger partial charge on any atom is -0.335 e. The van der Waals surface area contributed by atoms with Gasteiger partial charge in [-0.25, -0.2) is 9.78 Å². The molecule has 0 atom stereocenters. The second-order valence-electron chi connectivity index (χ2n) is 6.22. The van der Waals surface area contributed by atoms with Crippen molar-refractivity contribution in [3.63, 3.8) is 0 Å². The van der Waals surface area contributed by atoms with E-state index in [0.717, 1.165) is 24.9 Å². The third-order valence-corrected chi connectivity index (χ3v) is 4.31. The normalized spacial score (nSPS) is 15.3. The van der Waals surface area contributed by atoms with Crippen LogP contribution in [0.25, 0.3) is 0 Å². The summed E-state index contributed by atoms with van der Waals surface area (Å²) in [5.41, 5.74) is 2.32. The van der Waals surface area contributed by atoms with E-state index in [0.29, 0.717) is 12.6 Å². The summed E-state index contributed by atoms with van der Waals surface area (Å²) < 4.78 is 2.03. The summed E-state index contributed by atoms with van der Waals surface area (Å²) in [4.78, 5) is 16.0. The molecule has 0 bridgehead atoms. The molecule has 0 aliphatic heterocycles. The average molecular weight is 312 g/mol. The minimum absolute atomic E-state index is 0.0584. The van der Waals surface area contributed by atoms with Crippen LogP contribution < -0.4 is 10.6 Å². The fraction of sp³-hybridized carbons (Fsp3) is 0.444. The molecule has 23 heavy (non-hydrogen) atoms. The Morgan fingerprint density at radius 3 is 2.83 bits per heavy atom. The molecule has 5 heteroatoms. The Bertz CT molecular complexity index is 618. The number of aromatic nitrogens is 2. The van der Waals surface area contributed by atoms with E-state index < -0.39 is 0 Å². The number of nitrogens with zero attached hydrogens (tertiary/aromatic N) is 2. The van der Waals surface area contributed by atoms with Gasteiger partial charge in [-0.3, -0.25) is 0 Å². The molecule has 0 spiro atoms. The monoisotopic (exact) mass is 312 g/mol. The van der Waals surface area contributed by atoms with Gasteiger partial charge in [0.2, 0.25) is 0 Å². The number of hydrogen-bond donors (Lipinski definition) is 2. The van der Waals surface area contributed by atoms with Crippen molar-refractivity contribution in [1.82, 2.24) is 20.2 Å². The van der Waals surface area contributed by atoms with E-state index in [1.165, 1.54) is 24.8 Å². The van der Waals surface area contributed by atoms with Crippen molar-refractivity contribution in [3.8, 4) is 0 Å². The second-order valence-corrected chi connectivity index (χ2v) is 6.22. The van der Waals surface area contributed by atoms with E-state index in [-0.39, 0.29) is 6.03 Å². The summed E-state index contributed by atoms with van der Waals surface area (Å²) in [7, 11) is 0. The fourth-order valence-corrected chi connectivity index (χ4v) is 3.09. The van der Waals surface area contributed by atoms with Crippen molar-refractivity contribution in [3.05, 3.63) is 54.1 Å². The molecule has 2 N–H and O–H groups in total. The zero-order valence-corrected chi connectivity index (χ0v) is 13.4. The van der Waals surface area contributed by atoms with Gasteiger partial charge in [0.25, 0.3) is 0 Å². The van der Waals surface area contributed by atoms with Crippen LogP contribution in [0.4, 0.5) is 4.79 Å². The van der Waals surface area contributed by atoms with Crippen molar-refractivity contribution >= 4 is 6.03 Å². The van der Waals surface area contributed by atoms with Gasteiger partial charge in [-0.2, -0.15) is 0 Å². The summed E-state index contributed by atoms with van der Waals surface area (Å²) in [6, 6.07) is 8.57. The lowest BCUT2D eigenvalue weighted by Gasteiger charge is -2.22. The molecular weight excluding hydrogens is 288 g/mol. The van der Waals surface area contributed by atoms with E-state index in [4.69, 9.17) is 0 Å². The predicted molar refractivity (Wildman–Crippen MR) is 90.0 cm³/mol. The Hall–Kier alpha value is -2.30. The molecule has 1 saturated carbocycles. The summed E-state index contributed by atoms with van der Waals surface area (Å²) in [5, 5.41) is 6.04. The smallest absolute Gasteiger partial charge is 0.315 e. The van der Waals surface area contributed by atoms with Gasteiger partial charge in [0.05, 0.1) is 6.33 Å². The fourth-order valence-electron chi connectivity index (χ4n) is 3.09. The molecule has 1 aromatic carbocycles. The predicted octanol–water partition coefficient (Wildman–Crippen LogP) is 3.06. The van der Waals surface area contributed by atoms with Gasteiger partial charge in [0.1, 0.15) is 0 Å². The number of amides is 2. The maximum Gasteiger partial charge on any atom is 0.315 e. The third-order valence-electron chi connectivity index (χ3n) is 4.31. The minimum atomic E-state index is -0.0584. The quantitative estimate of drug-likeness (QED) is 0.891. The van der Waals surface area contributed by atoms with Crippen LogP contribution >= 0.6 is 0 Å². The highest BCUT2D eigenvalue weighted by molar-refractivity contribution is 5.74. The maximum atomic E-state index is 12.0. The molecule has 2 aromatic rings. The van der Waals surface area contributed by atoms with Gasteiger partial charge in [-0.15, -0.1) is 0 Å². The molecule has 122 valence electrons. The summed E-state index contributed by atoms with van der Waals surface area (Å²) in [6.45, 7) is 1.35. The molecule has 1 heterocycles. The highest BCUT2D eigenvalue weighted by atomic mass is 16.2. The number of rotatable bonds is 5. The molecule has 0 unspecified atom stereocenters. The Labute approximate surface area is 137 Å². The first-order valence-electron chi connectivity index (χ1n) is 8.37. The van der Waals surface area contributed by atoms with Gasteiger partial charge in [-0.05, 0) is 24.0 Å². The van der Waals surface area contributed by atoms with E-state index in [1.807, 2.05) is 29.2 Å². The number of benzene rings is 1. The van der Waals surface area contributed by atoms with Crippen LogP contribution in [0.3, 0.4) is 0 Å². The van der Waals surface area contributed by atoms with Gasteiger partial charge >= 0.3 is 6.03 Å². The molecule has 0 radical (unpaired) electrons. The topological polar surface area (TPSA) is 59.0 Å². The standard InChI is InChI=1S/C18H24N4O/c23-18(21-17-7-2-1-3-8-17)20-12-15-5-4-6-16(11-15)13-22-10-9-19-14-22/h4-6,9-11,14,17H,1-3,7-8,12-13H2,(H2,20,21,23). The summed E-state index contributed by atoms with van der Waals surface area (Å²) >= 11 is 0. The van der Waals surface area contributed by atoms with E-state index >= 15 is 0 Å². The molecule has 0 saturated heterocycles. The molecule has 1 aliphatic carbocycles. The summed E-state index contributed by atoms with van der Waals surface area (Å²) in [5.74, 6) is 0. The number of carbonyl (C=O) groups is 1. The van der Waals surface area contributed by atoms with Crippen molar-refractivity contribution < 1.29 is 4.79 Å². The third kappa shape index (κ3) is 4.84. The molecule has 1 fully saturated rings. The van der Waals surface area contributed by atoms with Crippen LogP contribution in [-0.2, 0) is 13.1 Å². The van der Waals surface area contributed by atoms with Crippen molar-refractivity contribution in [2.75, 3.05) is 0 Å². The van der Waals surface area contributed by atoms with Crippen molar-refractivity contribution in [1.29, 1.82) is 0 Å². The van der Waals surface area contributed by atoms with Gasteiger partial charge in [0.15, 0.2) is 0 Å². The number of imidazole rings is 1. The van der Waals surface area contributed by atoms with Crippen LogP contribution in [0, 0.1) is 0 Å². The largest absolute Gasteiger partial charge is 0.335 e. The molecular formula is C18H24N4O. The zero-order valence-electron chi connectivity index (χ0n) is 13.4. The van der Waals surface area contributed by atoms with Crippen LogP contribution in [0.5, 0.6) is 0 Å². The van der Waals surface area contributed by atoms with Gasteiger partial charge in [0, 0.05) is 31.5 Å². The van der Waals surface area contributed by atoms with Crippen LogP contribution in [-0.4, -0.2) is 21.6 Å². The van der Waals surface area contributed by atoms with E-state index in [1.54, 1.807) is 6.20 Å². The number of carbonyl (C=O) groups excluding carboxylic acids is 1. The van der Waals surface area contributed by atoms with Crippen LogP contribution in [0.2, 0.25) is 0 Å². The average Bonchev–Trinajstić information content (AvgIpc) is 3.07. The first-order chi connectivity index (χ1) is 11.3. The molecule has 3 rings (SSSR count). The lowest BCUT2D eigenvalue weighted by atomic mass is 9.96. The van der Waals surface area contributed by atoms with Gasteiger partial charge < -0.3 is 15.2 Å². The van der Waals surface area contributed by atoms with E-state index in [2.05, 4.69) is 27.8 Å². The Morgan fingerprint density at radius 2 is 2.04 bits per heavy atom. The SMILES string of the molecule is O=C(NCc1cccc(Cn2ccnc2)c1)NC1CCCCC1.